The van der Waals surface area contributed by atoms with E-state index < -0.39 is 6.03 Å². The van der Waals surface area contributed by atoms with Crippen LogP contribution in [0.1, 0.15) is 6.42 Å². The van der Waals surface area contributed by atoms with E-state index in [-0.39, 0.29) is 5.91 Å². The minimum Gasteiger partial charge on any atom is -0.497 e. The van der Waals surface area contributed by atoms with Gasteiger partial charge in [-0.2, -0.15) is 0 Å². The van der Waals surface area contributed by atoms with Crippen molar-refractivity contribution in [2.75, 3.05) is 18.6 Å². The maximum Gasteiger partial charge on any atom is 0.328 e. The Labute approximate surface area is 133 Å². The molecule has 0 bridgehead atoms. The molecule has 0 atom stereocenters. The number of carbonyl (C=O) groups is 2. The Kier molecular flexibility index (Phi) is 4.14. The smallest absolute Gasteiger partial charge is 0.328 e. The molecule has 6 heteroatoms. The van der Waals surface area contributed by atoms with Gasteiger partial charge < -0.3 is 9.47 Å². The standard InChI is InChI=1S/C17H16N2O4/c1-22-14-3-2-4-15(11-14)23-13-7-5-12(6-8-13)19-10-9-16(20)18-17(19)21/h2-8,11H,9-10H2,1H3,(H,18,20,21). The summed E-state index contributed by atoms with van der Waals surface area (Å²) in [5.74, 6) is 1.78. The number of carbonyl (C=O) groups excluding carboxylic acids is 2. The Morgan fingerprint density at radius 3 is 2.43 bits per heavy atom. The molecule has 0 aromatic heterocycles. The summed E-state index contributed by atoms with van der Waals surface area (Å²) in [4.78, 5) is 24.5. The second-order valence-electron chi connectivity index (χ2n) is 5.03. The van der Waals surface area contributed by atoms with Crippen LogP contribution in [-0.2, 0) is 4.79 Å². The van der Waals surface area contributed by atoms with Crippen molar-refractivity contribution in [3.05, 3.63) is 48.5 Å². The molecular weight excluding hydrogens is 296 g/mol. The summed E-state index contributed by atoms with van der Waals surface area (Å²) in [6.45, 7) is 0.376. The SMILES string of the molecule is COc1cccc(Oc2ccc(N3CCC(=O)NC3=O)cc2)c1. The summed E-state index contributed by atoms with van der Waals surface area (Å²) in [5, 5.41) is 2.30. The van der Waals surface area contributed by atoms with E-state index in [4.69, 9.17) is 9.47 Å². The van der Waals surface area contributed by atoms with Gasteiger partial charge in [0.05, 0.1) is 7.11 Å². The quantitative estimate of drug-likeness (QED) is 0.942. The molecule has 0 aliphatic carbocycles. The van der Waals surface area contributed by atoms with Gasteiger partial charge in [0.15, 0.2) is 0 Å². The van der Waals surface area contributed by atoms with Crippen molar-refractivity contribution in [1.29, 1.82) is 0 Å². The lowest BCUT2D eigenvalue weighted by Gasteiger charge is -2.26. The lowest BCUT2D eigenvalue weighted by Crippen LogP contribution is -2.49. The van der Waals surface area contributed by atoms with E-state index in [1.165, 1.54) is 4.90 Å². The molecule has 118 valence electrons. The molecule has 1 heterocycles. The van der Waals surface area contributed by atoms with Crippen LogP contribution in [0, 0.1) is 0 Å². The summed E-state index contributed by atoms with van der Waals surface area (Å²) in [7, 11) is 1.60. The third-order valence-corrected chi connectivity index (χ3v) is 3.48. The highest BCUT2D eigenvalue weighted by Crippen LogP contribution is 2.27. The normalized spacial score (nSPS) is 14.4. The van der Waals surface area contributed by atoms with Crippen molar-refractivity contribution in [2.24, 2.45) is 0 Å². The fraction of sp³-hybridized carbons (Fsp3) is 0.176. The number of ether oxygens (including phenoxy) is 2. The zero-order valence-corrected chi connectivity index (χ0v) is 12.6. The summed E-state index contributed by atoms with van der Waals surface area (Å²) in [5.41, 5.74) is 0.716. The van der Waals surface area contributed by atoms with Crippen molar-refractivity contribution in [1.82, 2.24) is 5.32 Å². The van der Waals surface area contributed by atoms with Crippen LogP contribution in [0.2, 0.25) is 0 Å². The Bertz CT molecular complexity index is 728. The van der Waals surface area contributed by atoms with Crippen molar-refractivity contribution >= 4 is 17.6 Å². The minimum absolute atomic E-state index is 0.246. The van der Waals surface area contributed by atoms with Crippen molar-refractivity contribution in [2.45, 2.75) is 6.42 Å². The number of anilines is 1. The first-order valence-corrected chi connectivity index (χ1v) is 7.19. The molecule has 2 aromatic rings. The molecule has 1 aliphatic rings. The largest absolute Gasteiger partial charge is 0.497 e. The molecule has 1 N–H and O–H groups in total. The van der Waals surface area contributed by atoms with Crippen molar-refractivity contribution < 1.29 is 19.1 Å². The summed E-state index contributed by atoms with van der Waals surface area (Å²) in [6, 6.07) is 14.0. The highest BCUT2D eigenvalue weighted by molar-refractivity contribution is 6.05. The fourth-order valence-corrected chi connectivity index (χ4v) is 2.31. The summed E-state index contributed by atoms with van der Waals surface area (Å²) >= 11 is 0. The maximum atomic E-state index is 11.8. The van der Waals surface area contributed by atoms with Gasteiger partial charge in [-0.15, -0.1) is 0 Å². The van der Waals surface area contributed by atoms with Gasteiger partial charge in [0, 0.05) is 24.7 Å². The number of amides is 3. The number of rotatable bonds is 4. The first-order valence-electron chi connectivity index (χ1n) is 7.19. The van der Waals surface area contributed by atoms with E-state index in [1.807, 2.05) is 18.2 Å². The summed E-state index contributed by atoms with van der Waals surface area (Å²) in [6.07, 6.45) is 0.299. The molecule has 3 rings (SSSR count). The van der Waals surface area contributed by atoms with Gasteiger partial charge >= 0.3 is 6.03 Å². The van der Waals surface area contributed by atoms with E-state index >= 15 is 0 Å². The molecule has 0 unspecified atom stereocenters. The lowest BCUT2D eigenvalue weighted by atomic mass is 10.2. The van der Waals surface area contributed by atoms with Crippen LogP contribution >= 0.6 is 0 Å². The van der Waals surface area contributed by atoms with Crippen LogP contribution in [0.4, 0.5) is 10.5 Å². The number of methoxy groups -OCH3 is 1. The topological polar surface area (TPSA) is 67.9 Å². The average Bonchev–Trinajstić information content (AvgIpc) is 2.56. The zero-order valence-electron chi connectivity index (χ0n) is 12.6. The number of imide groups is 1. The molecule has 6 nitrogen and oxygen atoms in total. The van der Waals surface area contributed by atoms with Gasteiger partial charge in [-0.25, -0.2) is 4.79 Å². The number of benzene rings is 2. The predicted molar refractivity (Wildman–Crippen MR) is 85.0 cm³/mol. The zero-order chi connectivity index (χ0) is 16.2. The van der Waals surface area contributed by atoms with Crippen LogP contribution in [0.5, 0.6) is 17.2 Å². The minimum atomic E-state index is -0.400. The molecule has 0 saturated carbocycles. The first kappa shape index (κ1) is 14.9. The fourth-order valence-electron chi connectivity index (χ4n) is 2.31. The third-order valence-electron chi connectivity index (χ3n) is 3.48. The molecule has 1 fully saturated rings. The van der Waals surface area contributed by atoms with Crippen LogP contribution in [0.3, 0.4) is 0 Å². The Morgan fingerprint density at radius 1 is 1.00 bits per heavy atom. The molecular formula is C17H16N2O4. The van der Waals surface area contributed by atoms with E-state index in [0.717, 1.165) is 0 Å². The molecule has 0 radical (unpaired) electrons. The molecule has 3 amide bonds. The Hall–Kier alpha value is -3.02. The van der Waals surface area contributed by atoms with Crippen molar-refractivity contribution in [3.8, 4) is 17.2 Å². The van der Waals surface area contributed by atoms with E-state index in [9.17, 15) is 9.59 Å². The number of urea groups is 1. The van der Waals surface area contributed by atoms with Gasteiger partial charge in [-0.05, 0) is 36.4 Å². The average molecular weight is 312 g/mol. The van der Waals surface area contributed by atoms with Crippen molar-refractivity contribution in [3.63, 3.8) is 0 Å². The van der Waals surface area contributed by atoms with Crippen LogP contribution in [0.15, 0.2) is 48.5 Å². The third kappa shape index (κ3) is 3.42. The second kappa shape index (κ2) is 6.39. The Morgan fingerprint density at radius 2 is 1.74 bits per heavy atom. The van der Waals surface area contributed by atoms with E-state index in [1.54, 1.807) is 37.4 Å². The molecule has 23 heavy (non-hydrogen) atoms. The highest BCUT2D eigenvalue weighted by atomic mass is 16.5. The number of nitrogens with one attached hydrogen (secondary N) is 1. The van der Waals surface area contributed by atoms with E-state index in [2.05, 4.69) is 5.32 Å². The van der Waals surface area contributed by atoms with Gasteiger partial charge in [0.2, 0.25) is 5.91 Å². The van der Waals surface area contributed by atoms with Crippen LogP contribution in [-0.4, -0.2) is 25.6 Å². The van der Waals surface area contributed by atoms with Gasteiger partial charge in [-0.1, -0.05) is 6.07 Å². The van der Waals surface area contributed by atoms with Gasteiger partial charge in [0.25, 0.3) is 0 Å². The first-order chi connectivity index (χ1) is 11.2. The highest BCUT2D eigenvalue weighted by Gasteiger charge is 2.23. The Balaban J connectivity index is 1.72. The molecule has 1 saturated heterocycles. The molecule has 0 spiro atoms. The van der Waals surface area contributed by atoms with Crippen LogP contribution < -0.4 is 19.7 Å². The maximum absolute atomic E-state index is 11.8. The molecule has 1 aliphatic heterocycles. The molecule has 2 aromatic carbocycles. The predicted octanol–water partition coefficient (Wildman–Crippen LogP) is 2.93. The monoisotopic (exact) mass is 312 g/mol. The lowest BCUT2D eigenvalue weighted by molar-refractivity contribution is -0.120. The van der Waals surface area contributed by atoms with Gasteiger partial charge in [0.1, 0.15) is 17.2 Å². The second-order valence-corrected chi connectivity index (χ2v) is 5.03. The summed E-state index contributed by atoms with van der Waals surface area (Å²) < 4.78 is 10.9. The van der Waals surface area contributed by atoms with Crippen LogP contribution in [0.25, 0.3) is 0 Å². The number of nitrogens with zero attached hydrogens (tertiary/aromatic N) is 1. The van der Waals surface area contributed by atoms with Gasteiger partial charge in [-0.3, -0.25) is 15.0 Å². The van der Waals surface area contributed by atoms with E-state index in [0.29, 0.717) is 35.9 Å². The number of hydrogen-bond acceptors (Lipinski definition) is 4. The number of hydrogen-bond donors (Lipinski definition) is 1.